The smallest absolute Gasteiger partial charge is 0.269 e. The summed E-state index contributed by atoms with van der Waals surface area (Å²) >= 11 is 0. The number of terminal acetylenes is 1. The first kappa shape index (κ1) is 10.7. The Kier molecular flexibility index (Phi) is 3.29. The van der Waals surface area contributed by atoms with Gasteiger partial charge in [-0.25, -0.2) is 0 Å². The predicted molar refractivity (Wildman–Crippen MR) is 47.1 cm³/mol. The van der Waals surface area contributed by atoms with E-state index in [2.05, 4.69) is 0 Å². The highest BCUT2D eigenvalue weighted by Gasteiger charge is 2.23. The molecule has 0 fully saturated rings. The fourth-order valence-corrected chi connectivity index (χ4v) is 4.00. The van der Waals surface area contributed by atoms with Crippen molar-refractivity contribution in [2.24, 2.45) is 0 Å². The molecule has 0 radical (unpaired) electrons. The van der Waals surface area contributed by atoms with E-state index < -0.39 is 18.4 Å². The highest BCUT2D eigenvalue weighted by Crippen LogP contribution is 2.07. The Morgan fingerprint density at radius 2 is 1.91 bits per heavy atom. The van der Waals surface area contributed by atoms with Crippen molar-refractivity contribution in [3.8, 4) is 12.3 Å². The van der Waals surface area contributed by atoms with Crippen molar-refractivity contribution in [2.75, 3.05) is 5.75 Å². The topological polar surface area (TPSA) is 43.4 Å². The van der Waals surface area contributed by atoms with Crippen molar-refractivity contribution in [2.45, 2.75) is 19.6 Å². The minimum atomic E-state index is -3.46. The molecule has 0 unspecified atom stereocenters. The number of hydrogen-bond donors (Lipinski definition) is 0. The lowest BCUT2D eigenvalue weighted by molar-refractivity contribution is 0.490. The fraction of sp³-hybridized carbons (Fsp3) is 0.667. The van der Waals surface area contributed by atoms with E-state index >= 15 is 0 Å². The van der Waals surface area contributed by atoms with Gasteiger partial charge in [-0.3, -0.25) is 0 Å². The van der Waals surface area contributed by atoms with Crippen LogP contribution in [0, 0.1) is 12.3 Å². The second-order valence-electron chi connectivity index (χ2n) is 3.10. The maximum Gasteiger partial charge on any atom is 0.269 e. The first-order chi connectivity index (χ1) is 4.77. The SMILES string of the molecule is C#CCS(=O)(=O)O[Si](C)(C)C. The zero-order chi connectivity index (χ0) is 9.12. The van der Waals surface area contributed by atoms with Crippen LogP contribution < -0.4 is 0 Å². The molecule has 0 aliphatic rings. The van der Waals surface area contributed by atoms with Gasteiger partial charge in [-0.15, -0.1) is 6.42 Å². The second kappa shape index (κ2) is 3.39. The summed E-state index contributed by atoms with van der Waals surface area (Å²) < 4.78 is 26.7. The molecule has 0 rings (SSSR count). The molecule has 11 heavy (non-hydrogen) atoms. The van der Waals surface area contributed by atoms with Crippen molar-refractivity contribution in [1.29, 1.82) is 0 Å². The molecule has 64 valence electrons. The van der Waals surface area contributed by atoms with Gasteiger partial charge in [-0.2, -0.15) is 8.42 Å². The van der Waals surface area contributed by atoms with Crippen molar-refractivity contribution in [1.82, 2.24) is 0 Å². The molecule has 0 bridgehead atoms. The summed E-state index contributed by atoms with van der Waals surface area (Å²) in [7, 11) is -5.48. The first-order valence-electron chi connectivity index (χ1n) is 3.14. The van der Waals surface area contributed by atoms with Crippen LogP contribution in [0.4, 0.5) is 0 Å². The van der Waals surface area contributed by atoms with E-state index in [0.717, 1.165) is 0 Å². The van der Waals surface area contributed by atoms with Crippen LogP contribution in [-0.2, 0) is 14.0 Å². The molecule has 0 aliphatic carbocycles. The molecule has 0 atom stereocenters. The van der Waals surface area contributed by atoms with Gasteiger partial charge in [0.15, 0.2) is 0 Å². The molecule has 5 heteroatoms. The minimum Gasteiger partial charge on any atom is -0.315 e. The number of hydrogen-bond acceptors (Lipinski definition) is 3. The highest BCUT2D eigenvalue weighted by atomic mass is 32.2. The fourth-order valence-electron chi connectivity index (χ4n) is 0.512. The van der Waals surface area contributed by atoms with E-state index in [-0.39, 0.29) is 5.75 Å². The van der Waals surface area contributed by atoms with Crippen molar-refractivity contribution in [3.05, 3.63) is 0 Å². The lowest BCUT2D eigenvalue weighted by Crippen LogP contribution is -2.30. The van der Waals surface area contributed by atoms with Crippen LogP contribution >= 0.6 is 0 Å². The molecular formula is C6H12O3SSi. The van der Waals surface area contributed by atoms with Gasteiger partial charge in [-0.1, -0.05) is 5.92 Å². The molecule has 3 nitrogen and oxygen atoms in total. The Morgan fingerprint density at radius 3 is 2.18 bits per heavy atom. The van der Waals surface area contributed by atoms with Gasteiger partial charge in [0.05, 0.1) is 0 Å². The molecule has 0 saturated carbocycles. The van der Waals surface area contributed by atoms with Crippen LogP contribution in [0.2, 0.25) is 19.6 Å². The molecule has 0 amide bonds. The molecule has 0 aromatic carbocycles. The Hall–Kier alpha value is -0.313. The summed E-state index contributed by atoms with van der Waals surface area (Å²) in [4.78, 5) is 0. The number of rotatable bonds is 3. The van der Waals surface area contributed by atoms with E-state index in [9.17, 15) is 8.42 Å². The summed E-state index contributed by atoms with van der Waals surface area (Å²) in [5, 5.41) is 0. The van der Waals surface area contributed by atoms with E-state index in [1.165, 1.54) is 0 Å². The molecule has 0 heterocycles. The Morgan fingerprint density at radius 1 is 1.45 bits per heavy atom. The van der Waals surface area contributed by atoms with Gasteiger partial charge >= 0.3 is 0 Å². The van der Waals surface area contributed by atoms with E-state index in [1.54, 1.807) is 19.6 Å². The lowest BCUT2D eigenvalue weighted by atomic mass is 10.8. The average Bonchev–Trinajstić information content (AvgIpc) is 1.55. The molecule has 0 spiro atoms. The lowest BCUT2D eigenvalue weighted by Gasteiger charge is -2.14. The molecule has 0 saturated heterocycles. The van der Waals surface area contributed by atoms with Gasteiger partial charge in [0.1, 0.15) is 5.75 Å². The third kappa shape index (κ3) is 6.10. The van der Waals surface area contributed by atoms with E-state index in [0.29, 0.717) is 0 Å². The average molecular weight is 192 g/mol. The van der Waals surface area contributed by atoms with Gasteiger partial charge < -0.3 is 3.87 Å². The van der Waals surface area contributed by atoms with Crippen molar-refractivity contribution < 1.29 is 12.3 Å². The van der Waals surface area contributed by atoms with Crippen LogP contribution in [0.1, 0.15) is 0 Å². The normalized spacial score (nSPS) is 12.5. The zero-order valence-corrected chi connectivity index (χ0v) is 8.73. The van der Waals surface area contributed by atoms with Crippen molar-refractivity contribution in [3.63, 3.8) is 0 Å². The molecule has 0 aliphatic heterocycles. The van der Waals surface area contributed by atoms with Crippen LogP contribution in [0.25, 0.3) is 0 Å². The van der Waals surface area contributed by atoms with Crippen LogP contribution in [0.15, 0.2) is 0 Å². The summed E-state index contributed by atoms with van der Waals surface area (Å²) in [6.45, 7) is 5.38. The van der Waals surface area contributed by atoms with E-state index in [1.807, 2.05) is 5.92 Å². The molecular weight excluding hydrogens is 180 g/mol. The van der Waals surface area contributed by atoms with Gasteiger partial charge in [0.25, 0.3) is 10.1 Å². The van der Waals surface area contributed by atoms with E-state index in [4.69, 9.17) is 10.3 Å². The summed E-state index contributed by atoms with van der Waals surface area (Å²) in [6.07, 6.45) is 4.84. The predicted octanol–water partition coefficient (Wildman–Crippen LogP) is 0.801. The zero-order valence-electron chi connectivity index (χ0n) is 6.92. The largest absolute Gasteiger partial charge is 0.315 e. The third-order valence-electron chi connectivity index (χ3n) is 0.637. The highest BCUT2D eigenvalue weighted by molar-refractivity contribution is 7.88. The van der Waals surface area contributed by atoms with Gasteiger partial charge in [-0.05, 0) is 19.6 Å². The van der Waals surface area contributed by atoms with Crippen LogP contribution in [0.5, 0.6) is 0 Å². The van der Waals surface area contributed by atoms with Gasteiger partial charge in [0.2, 0.25) is 8.32 Å². The second-order valence-corrected chi connectivity index (χ2v) is 9.40. The minimum absolute atomic E-state index is 0.336. The quantitative estimate of drug-likeness (QED) is 0.491. The Bertz CT molecular complexity index is 255. The first-order valence-corrected chi connectivity index (χ1v) is 8.12. The summed E-state index contributed by atoms with van der Waals surface area (Å²) in [5.41, 5.74) is 0. The molecule has 0 aromatic heterocycles. The Balaban J connectivity index is 4.30. The summed E-state index contributed by atoms with van der Waals surface area (Å²) in [5.74, 6) is 1.70. The maximum absolute atomic E-state index is 10.9. The maximum atomic E-state index is 10.9. The summed E-state index contributed by atoms with van der Waals surface area (Å²) in [6, 6.07) is 0. The monoisotopic (exact) mass is 192 g/mol. The van der Waals surface area contributed by atoms with Crippen LogP contribution in [0.3, 0.4) is 0 Å². The Labute approximate surface area is 69.0 Å². The van der Waals surface area contributed by atoms with Crippen molar-refractivity contribution >= 4 is 18.4 Å². The molecule has 0 N–H and O–H groups in total. The van der Waals surface area contributed by atoms with Crippen LogP contribution in [-0.4, -0.2) is 22.5 Å². The third-order valence-corrected chi connectivity index (χ3v) is 4.17. The molecule has 0 aromatic rings. The standard InChI is InChI=1S/C6H12O3SSi/c1-5-6-10(7,8)9-11(2,3)4/h1H,6H2,2-4H3. The van der Waals surface area contributed by atoms with Gasteiger partial charge in [0, 0.05) is 0 Å².